The van der Waals surface area contributed by atoms with Crippen molar-refractivity contribution in [3.8, 4) is 5.75 Å². The van der Waals surface area contributed by atoms with E-state index in [2.05, 4.69) is 10.3 Å². The number of pyridine rings is 1. The molecule has 0 spiro atoms. The zero-order valence-electron chi connectivity index (χ0n) is 19.2. The molecule has 1 aliphatic rings. The Labute approximate surface area is 198 Å². The van der Waals surface area contributed by atoms with E-state index in [1.165, 1.54) is 0 Å². The number of para-hydroxylation sites is 2. The number of carbonyl (C=O) groups excluding carboxylic acids is 2. The SMILES string of the molecule is COc1ccccc1CNC(=O)[C@]1(C)Cn2c(cc3ccccc32)C(=O)N1Cc1cccnc1. The Balaban J connectivity index is 1.52. The lowest BCUT2D eigenvalue weighted by atomic mass is 9.93. The summed E-state index contributed by atoms with van der Waals surface area (Å²) in [7, 11) is 1.61. The van der Waals surface area contributed by atoms with Crippen molar-refractivity contribution in [3.05, 3.63) is 95.9 Å². The van der Waals surface area contributed by atoms with Gasteiger partial charge in [0.25, 0.3) is 5.91 Å². The smallest absolute Gasteiger partial charge is 0.271 e. The lowest BCUT2D eigenvalue weighted by Gasteiger charge is -2.44. The van der Waals surface area contributed by atoms with Crippen molar-refractivity contribution >= 4 is 22.7 Å². The molecule has 7 nitrogen and oxygen atoms in total. The molecule has 34 heavy (non-hydrogen) atoms. The predicted octanol–water partition coefficient (Wildman–Crippen LogP) is 3.78. The van der Waals surface area contributed by atoms with Crippen molar-refractivity contribution < 1.29 is 14.3 Å². The third-order valence-electron chi connectivity index (χ3n) is 6.52. The molecule has 3 heterocycles. The molecule has 172 valence electrons. The summed E-state index contributed by atoms with van der Waals surface area (Å²) in [6.45, 7) is 2.76. The van der Waals surface area contributed by atoms with Gasteiger partial charge in [-0.05, 0) is 36.8 Å². The van der Waals surface area contributed by atoms with Gasteiger partial charge in [-0.15, -0.1) is 0 Å². The minimum absolute atomic E-state index is 0.179. The van der Waals surface area contributed by atoms with Crippen molar-refractivity contribution in [3.63, 3.8) is 0 Å². The second-order valence-corrected chi connectivity index (χ2v) is 8.70. The van der Waals surface area contributed by atoms with Gasteiger partial charge >= 0.3 is 0 Å². The number of nitrogens with zero attached hydrogens (tertiary/aromatic N) is 3. The highest BCUT2D eigenvalue weighted by Gasteiger charge is 2.47. The summed E-state index contributed by atoms with van der Waals surface area (Å²) in [5.74, 6) is 0.305. The van der Waals surface area contributed by atoms with Crippen LogP contribution in [0.3, 0.4) is 0 Å². The van der Waals surface area contributed by atoms with Crippen LogP contribution in [0.15, 0.2) is 79.1 Å². The molecule has 0 saturated carbocycles. The Hall–Kier alpha value is -4.13. The molecule has 1 atom stereocenters. The number of fused-ring (bicyclic) bond motifs is 3. The van der Waals surface area contributed by atoms with Crippen LogP contribution in [0.1, 0.15) is 28.5 Å². The number of methoxy groups -OCH3 is 1. The maximum atomic E-state index is 13.8. The maximum absolute atomic E-state index is 13.8. The third kappa shape index (κ3) is 3.69. The molecular weight excluding hydrogens is 428 g/mol. The van der Waals surface area contributed by atoms with Crippen molar-refractivity contribution in [2.75, 3.05) is 7.11 Å². The van der Waals surface area contributed by atoms with Gasteiger partial charge in [0.1, 0.15) is 17.0 Å². The fourth-order valence-corrected chi connectivity index (χ4v) is 4.64. The first-order chi connectivity index (χ1) is 16.5. The lowest BCUT2D eigenvalue weighted by Crippen LogP contribution is -2.63. The van der Waals surface area contributed by atoms with E-state index in [4.69, 9.17) is 4.74 Å². The summed E-state index contributed by atoms with van der Waals surface area (Å²) in [5.41, 5.74) is 2.15. The standard InChI is InChI=1S/C27H26N4O3/c1-27(26(33)29-16-21-10-4-6-12-24(21)34-2)18-30-22-11-5-3-9-20(22)14-23(30)25(32)31(27)17-19-8-7-13-28-15-19/h3-15H,16-18H2,1-2H3,(H,29,33)/t27-/m0/s1. The van der Waals surface area contributed by atoms with Crippen LogP contribution in [-0.4, -0.2) is 38.9 Å². The van der Waals surface area contributed by atoms with Crippen molar-refractivity contribution in [2.45, 2.75) is 32.1 Å². The van der Waals surface area contributed by atoms with E-state index in [9.17, 15) is 9.59 Å². The summed E-state index contributed by atoms with van der Waals surface area (Å²) < 4.78 is 7.38. The molecular formula is C27H26N4O3. The Morgan fingerprint density at radius 3 is 2.71 bits per heavy atom. The van der Waals surface area contributed by atoms with Crippen LogP contribution in [0.2, 0.25) is 0 Å². The highest BCUT2D eigenvalue weighted by Crippen LogP contribution is 2.33. The molecule has 0 aliphatic carbocycles. The Morgan fingerprint density at radius 1 is 1.12 bits per heavy atom. The van der Waals surface area contributed by atoms with Crippen LogP contribution in [0.4, 0.5) is 0 Å². The minimum Gasteiger partial charge on any atom is -0.496 e. The number of amides is 2. The fourth-order valence-electron chi connectivity index (χ4n) is 4.64. The number of benzene rings is 2. The topological polar surface area (TPSA) is 76.5 Å². The molecule has 7 heteroatoms. The Kier molecular flexibility index (Phi) is 5.53. The first-order valence-electron chi connectivity index (χ1n) is 11.2. The molecule has 2 aromatic heterocycles. The third-order valence-corrected chi connectivity index (χ3v) is 6.52. The molecule has 0 radical (unpaired) electrons. The predicted molar refractivity (Wildman–Crippen MR) is 129 cm³/mol. The van der Waals surface area contributed by atoms with Gasteiger partial charge in [0.15, 0.2) is 0 Å². The normalized spacial score (nSPS) is 17.5. The zero-order chi connectivity index (χ0) is 23.7. The van der Waals surface area contributed by atoms with E-state index in [0.717, 1.165) is 22.0 Å². The van der Waals surface area contributed by atoms with Gasteiger partial charge in [-0.25, -0.2) is 0 Å². The summed E-state index contributed by atoms with van der Waals surface area (Å²) in [6, 6.07) is 21.1. The number of carbonyl (C=O) groups is 2. The number of rotatable bonds is 6. The first-order valence-corrected chi connectivity index (χ1v) is 11.2. The molecule has 0 saturated heterocycles. The molecule has 0 fully saturated rings. The van der Waals surface area contributed by atoms with Gasteiger partial charge in [0.2, 0.25) is 5.91 Å². The number of hydrogen-bond donors (Lipinski definition) is 1. The Morgan fingerprint density at radius 2 is 1.91 bits per heavy atom. The molecule has 1 aliphatic heterocycles. The number of nitrogens with one attached hydrogen (secondary N) is 1. The quantitative estimate of drug-likeness (QED) is 0.481. The highest BCUT2D eigenvalue weighted by atomic mass is 16.5. The number of aromatic nitrogens is 2. The Bertz CT molecular complexity index is 1360. The average molecular weight is 455 g/mol. The van der Waals surface area contributed by atoms with E-state index in [1.54, 1.807) is 24.4 Å². The second kappa shape index (κ2) is 8.67. The van der Waals surface area contributed by atoms with Gasteiger partial charge in [-0.2, -0.15) is 0 Å². The van der Waals surface area contributed by atoms with Gasteiger partial charge in [0.05, 0.1) is 13.7 Å². The molecule has 2 amide bonds. The van der Waals surface area contributed by atoms with Gasteiger partial charge in [-0.1, -0.05) is 42.5 Å². The lowest BCUT2D eigenvalue weighted by molar-refractivity contribution is -0.133. The van der Waals surface area contributed by atoms with Crippen LogP contribution in [0.25, 0.3) is 10.9 Å². The summed E-state index contributed by atoms with van der Waals surface area (Å²) in [5, 5.41) is 4.03. The summed E-state index contributed by atoms with van der Waals surface area (Å²) >= 11 is 0. The van der Waals surface area contributed by atoms with Gasteiger partial charge in [0, 0.05) is 41.9 Å². The molecule has 4 aromatic rings. The molecule has 0 unspecified atom stereocenters. The van der Waals surface area contributed by atoms with E-state index in [-0.39, 0.29) is 18.4 Å². The van der Waals surface area contributed by atoms with Crippen molar-refractivity contribution in [1.82, 2.24) is 19.8 Å². The van der Waals surface area contributed by atoms with E-state index in [1.807, 2.05) is 78.2 Å². The average Bonchev–Trinajstić information content (AvgIpc) is 3.24. The summed E-state index contributed by atoms with van der Waals surface area (Å²) in [4.78, 5) is 33.3. The maximum Gasteiger partial charge on any atom is 0.271 e. The van der Waals surface area contributed by atoms with Gasteiger partial charge < -0.3 is 19.5 Å². The van der Waals surface area contributed by atoms with Crippen LogP contribution < -0.4 is 10.1 Å². The minimum atomic E-state index is -1.11. The first kappa shape index (κ1) is 21.7. The zero-order valence-corrected chi connectivity index (χ0v) is 19.2. The highest BCUT2D eigenvalue weighted by molar-refractivity contribution is 6.03. The number of hydrogen-bond acceptors (Lipinski definition) is 4. The monoisotopic (exact) mass is 454 g/mol. The largest absolute Gasteiger partial charge is 0.496 e. The van der Waals surface area contributed by atoms with Crippen molar-refractivity contribution in [2.24, 2.45) is 0 Å². The van der Waals surface area contributed by atoms with Crippen LogP contribution >= 0.6 is 0 Å². The fraction of sp³-hybridized carbons (Fsp3) is 0.222. The molecule has 1 N–H and O–H groups in total. The molecule has 2 aromatic carbocycles. The molecule has 5 rings (SSSR count). The van der Waals surface area contributed by atoms with Crippen LogP contribution in [0, 0.1) is 0 Å². The van der Waals surface area contributed by atoms with Crippen molar-refractivity contribution in [1.29, 1.82) is 0 Å². The van der Waals surface area contributed by atoms with E-state index in [0.29, 0.717) is 24.5 Å². The van der Waals surface area contributed by atoms with Crippen LogP contribution in [-0.2, 0) is 24.4 Å². The van der Waals surface area contributed by atoms with Gasteiger partial charge in [-0.3, -0.25) is 14.6 Å². The van der Waals surface area contributed by atoms with Crippen LogP contribution in [0.5, 0.6) is 5.75 Å². The van der Waals surface area contributed by atoms with E-state index < -0.39 is 5.54 Å². The number of ether oxygens (including phenoxy) is 1. The second-order valence-electron chi connectivity index (χ2n) is 8.70. The molecule has 0 bridgehead atoms. The summed E-state index contributed by atoms with van der Waals surface area (Å²) in [6.07, 6.45) is 3.42. The van der Waals surface area contributed by atoms with E-state index >= 15 is 0 Å².